The Kier molecular flexibility index (Phi) is 13.1. The summed E-state index contributed by atoms with van der Waals surface area (Å²) in [7, 11) is -0.0124. The van der Waals surface area contributed by atoms with Crippen LogP contribution in [-0.4, -0.2) is 65.5 Å². The fraction of sp³-hybridized carbons (Fsp3) is 0.433. The van der Waals surface area contributed by atoms with Crippen LogP contribution in [0.15, 0.2) is 59.0 Å². The Morgan fingerprint density at radius 1 is 1.00 bits per heavy atom. The van der Waals surface area contributed by atoms with Crippen molar-refractivity contribution >= 4 is 41.5 Å². The first kappa shape index (κ1) is 33.9. The summed E-state index contributed by atoms with van der Waals surface area (Å²) >= 11 is 0. The number of nitrogens with two attached hydrogens (primary N) is 1. The smallest absolute Gasteiger partial charge is 0.278 e. The van der Waals surface area contributed by atoms with Gasteiger partial charge in [0.2, 0.25) is 0 Å². The zero-order chi connectivity index (χ0) is 30.8. The maximum Gasteiger partial charge on any atom is 0.278 e. The summed E-state index contributed by atoms with van der Waals surface area (Å²) in [6.45, 7) is 9.96. The predicted octanol–water partition coefficient (Wildman–Crippen LogP) is 7.57. The van der Waals surface area contributed by atoms with Crippen LogP contribution in [0.3, 0.4) is 0 Å². The van der Waals surface area contributed by atoms with E-state index in [-0.39, 0.29) is 48.5 Å². The van der Waals surface area contributed by atoms with Crippen LogP contribution in [0.1, 0.15) is 44.2 Å². The first-order valence-corrected chi connectivity index (χ1v) is 17.4. The lowest BCUT2D eigenvalue weighted by Crippen LogP contribution is -2.40. The van der Waals surface area contributed by atoms with Crippen LogP contribution >= 0.6 is 18.6 Å². The van der Waals surface area contributed by atoms with Gasteiger partial charge in [0.15, 0.2) is 11.6 Å². The maximum absolute atomic E-state index is 15.1. The first-order valence-electron chi connectivity index (χ1n) is 13.9. The van der Waals surface area contributed by atoms with Crippen molar-refractivity contribution < 1.29 is 22.0 Å². The third-order valence-corrected chi connectivity index (χ3v) is 10.4. The molecule has 4 rings (SSSR count). The molecule has 2 N–H and O–H groups in total. The van der Waals surface area contributed by atoms with Crippen LogP contribution in [0.25, 0.3) is 0 Å². The molecule has 0 amide bonds. The van der Waals surface area contributed by atoms with Crippen molar-refractivity contribution in [3.05, 3.63) is 77.4 Å². The molecule has 2 aromatic rings. The van der Waals surface area contributed by atoms with Gasteiger partial charge >= 0.3 is 0 Å². The Bertz CT molecular complexity index is 1300. The third-order valence-electron chi connectivity index (χ3n) is 6.83. The second-order valence-corrected chi connectivity index (χ2v) is 14.2. The average Bonchev–Trinajstić information content (AvgIpc) is 3.46. The highest BCUT2D eigenvalue weighted by molar-refractivity contribution is 8.14. The molecule has 2 heterocycles. The molecule has 1 fully saturated rings. The van der Waals surface area contributed by atoms with Crippen LogP contribution in [0.2, 0.25) is 0 Å². The molecule has 0 bridgehead atoms. The minimum atomic E-state index is -2.71. The van der Waals surface area contributed by atoms with Gasteiger partial charge in [-0.25, -0.2) is 22.0 Å². The summed E-state index contributed by atoms with van der Waals surface area (Å²) in [6, 6.07) is 7.83. The molecule has 0 radical (unpaired) electrons. The number of anilines is 1. The van der Waals surface area contributed by atoms with Gasteiger partial charge in [-0.2, -0.15) is 20.7 Å². The summed E-state index contributed by atoms with van der Waals surface area (Å²) in [5.41, 5.74) is 6.64. The molecule has 12 heteroatoms. The Balaban J connectivity index is 0.000000531. The van der Waals surface area contributed by atoms with E-state index in [2.05, 4.69) is 36.5 Å². The summed E-state index contributed by atoms with van der Waals surface area (Å²) in [4.78, 5) is 3.66. The molecule has 0 aliphatic carbocycles. The molecule has 0 unspecified atom stereocenters. The van der Waals surface area contributed by atoms with E-state index in [4.69, 9.17) is 5.50 Å². The van der Waals surface area contributed by atoms with Crippen molar-refractivity contribution in [2.45, 2.75) is 46.1 Å². The minimum absolute atomic E-state index is 0.00781. The number of nitrogens with zero attached hydrogens (tertiary/aromatic N) is 4. The van der Waals surface area contributed by atoms with Crippen molar-refractivity contribution in [3.8, 4) is 0 Å². The van der Waals surface area contributed by atoms with Gasteiger partial charge in [0.1, 0.15) is 17.3 Å². The van der Waals surface area contributed by atoms with Crippen LogP contribution < -0.4 is 10.4 Å². The van der Waals surface area contributed by atoms with E-state index < -0.39 is 23.9 Å². The molecule has 230 valence electrons. The molecule has 0 saturated carbocycles. The van der Waals surface area contributed by atoms with E-state index in [9.17, 15) is 17.6 Å². The SMILES string of the molecule is C=C(N1CCS(=C)CC1)N(Cc1ccc(C2=NN=C(C(F)F)C2)cc1F)c1ccc(F)c(F)c1.CCCP(N)CCC. The topological polar surface area (TPSA) is 57.2 Å². The Morgan fingerprint density at radius 3 is 2.21 bits per heavy atom. The molecule has 2 aliphatic heterocycles. The van der Waals surface area contributed by atoms with Crippen LogP contribution in [0, 0.1) is 17.5 Å². The van der Waals surface area contributed by atoms with Crippen LogP contribution in [0.4, 0.5) is 27.6 Å². The van der Waals surface area contributed by atoms with E-state index in [0.717, 1.165) is 23.6 Å². The second kappa shape index (κ2) is 16.3. The molecule has 5 nitrogen and oxygen atoms in total. The first-order chi connectivity index (χ1) is 20.0. The van der Waals surface area contributed by atoms with Gasteiger partial charge in [0.25, 0.3) is 6.43 Å². The van der Waals surface area contributed by atoms with E-state index in [1.807, 2.05) is 4.90 Å². The van der Waals surface area contributed by atoms with Gasteiger partial charge < -0.3 is 15.3 Å². The highest BCUT2D eigenvalue weighted by Crippen LogP contribution is 2.29. The van der Waals surface area contributed by atoms with Crippen molar-refractivity contribution in [1.82, 2.24) is 4.90 Å². The van der Waals surface area contributed by atoms with E-state index in [0.29, 0.717) is 30.2 Å². The van der Waals surface area contributed by atoms with Gasteiger partial charge in [-0.15, -0.1) is 0 Å². The number of alkyl halides is 2. The highest BCUT2D eigenvalue weighted by Gasteiger charge is 2.24. The van der Waals surface area contributed by atoms with Crippen molar-refractivity contribution in [2.75, 3.05) is 41.8 Å². The van der Waals surface area contributed by atoms with E-state index >= 15 is 4.39 Å². The van der Waals surface area contributed by atoms with Gasteiger partial charge in [-0.05, 0) is 38.6 Å². The Labute approximate surface area is 249 Å². The molecule has 2 aromatic carbocycles. The van der Waals surface area contributed by atoms with Crippen LogP contribution in [0.5, 0.6) is 0 Å². The summed E-state index contributed by atoms with van der Waals surface area (Å²) in [5.74, 6) is 3.85. The monoisotopic (exact) mass is 627 g/mol. The fourth-order valence-corrected chi connectivity index (χ4v) is 7.00. The minimum Gasteiger partial charge on any atom is -0.357 e. The Hall–Kier alpha value is -2.62. The largest absolute Gasteiger partial charge is 0.357 e. The van der Waals surface area contributed by atoms with Crippen molar-refractivity contribution in [1.29, 1.82) is 0 Å². The van der Waals surface area contributed by atoms with Crippen molar-refractivity contribution in [3.63, 3.8) is 0 Å². The molecule has 0 atom stereocenters. The molecule has 42 heavy (non-hydrogen) atoms. The quantitative estimate of drug-likeness (QED) is 0.159. The maximum atomic E-state index is 15.1. The number of benzene rings is 2. The fourth-order valence-electron chi connectivity index (χ4n) is 4.46. The Morgan fingerprint density at radius 2 is 1.67 bits per heavy atom. The molecule has 0 aromatic heterocycles. The lowest BCUT2D eigenvalue weighted by atomic mass is 10.0. The number of hydrogen-bond donors (Lipinski definition) is 1. The standard InChI is InChI=1S/C24H23F5N4S.C6H16NP/c1-15(32-7-9-34(2)10-8-32)33(18-5-6-19(25)21(27)12-18)14-17-4-3-16(11-20(17)26)22-13-23(24(28)29)31-30-22;1-3-5-8(7)6-4-2/h3-6,11-12,24H,1-2,7-10,13-14H2;3-7H2,1-2H3. The average molecular weight is 628 g/mol. The second-order valence-electron chi connectivity index (χ2n) is 10.1. The number of halogens is 5. The zero-order valence-corrected chi connectivity index (χ0v) is 25.8. The summed E-state index contributed by atoms with van der Waals surface area (Å²) in [6.07, 6.45) is 2.16. The van der Waals surface area contributed by atoms with Gasteiger partial charge in [0.05, 0.1) is 12.3 Å². The molecule has 1 saturated heterocycles. The predicted molar refractivity (Wildman–Crippen MR) is 170 cm³/mol. The van der Waals surface area contributed by atoms with E-state index in [1.165, 1.54) is 43.4 Å². The number of hydrogen-bond acceptors (Lipinski definition) is 5. The molecule has 2 aliphatic rings. The highest BCUT2D eigenvalue weighted by atomic mass is 32.2. The molecular formula is C30H39F5N5PS. The number of rotatable bonds is 11. The third kappa shape index (κ3) is 9.44. The van der Waals surface area contributed by atoms with Crippen molar-refractivity contribution in [2.24, 2.45) is 15.7 Å². The van der Waals surface area contributed by atoms with Gasteiger partial charge in [0, 0.05) is 53.9 Å². The van der Waals surface area contributed by atoms with Gasteiger partial charge in [-0.1, -0.05) is 51.3 Å². The lowest BCUT2D eigenvalue weighted by Gasteiger charge is -2.38. The van der Waals surface area contributed by atoms with E-state index in [1.54, 1.807) is 11.0 Å². The molecular weight excluding hydrogens is 588 g/mol. The summed E-state index contributed by atoms with van der Waals surface area (Å²) < 4.78 is 68.3. The lowest BCUT2D eigenvalue weighted by molar-refractivity contribution is 0.224. The molecule has 0 spiro atoms. The zero-order valence-electron chi connectivity index (χ0n) is 24.1. The van der Waals surface area contributed by atoms with Crippen LogP contribution in [-0.2, 0) is 6.54 Å². The normalized spacial score (nSPS) is 15.4. The van der Waals surface area contributed by atoms with Gasteiger partial charge in [-0.3, -0.25) is 0 Å². The summed E-state index contributed by atoms with van der Waals surface area (Å²) in [5, 5.41) is 7.21.